The Morgan fingerprint density at radius 2 is 2.28 bits per heavy atom. The molecular weight excluding hydrogens is 246 g/mol. The van der Waals surface area contributed by atoms with Crippen molar-refractivity contribution in [2.24, 2.45) is 5.92 Å². The van der Waals surface area contributed by atoms with Crippen LogP contribution in [0.2, 0.25) is 0 Å². The maximum atomic E-state index is 12.1. The lowest BCUT2D eigenvalue weighted by Gasteiger charge is -2.34. The summed E-state index contributed by atoms with van der Waals surface area (Å²) in [5.41, 5.74) is -0.271. The van der Waals surface area contributed by atoms with E-state index in [1.165, 1.54) is 11.3 Å². The molecule has 1 fully saturated rings. The van der Waals surface area contributed by atoms with Gasteiger partial charge in [0.05, 0.1) is 11.1 Å². The molecule has 0 aromatic carbocycles. The van der Waals surface area contributed by atoms with Gasteiger partial charge in [0.25, 0.3) is 5.91 Å². The zero-order valence-electron chi connectivity index (χ0n) is 10.7. The van der Waals surface area contributed by atoms with Crippen LogP contribution in [-0.4, -0.2) is 16.4 Å². The lowest BCUT2D eigenvalue weighted by atomic mass is 9.78. The number of hydrogen-bond acceptors (Lipinski definition) is 4. The molecule has 2 rings (SSSR count). The minimum Gasteiger partial charge on any atom is -0.332 e. The molecule has 96 valence electrons. The van der Waals surface area contributed by atoms with Crippen LogP contribution >= 0.6 is 11.3 Å². The van der Waals surface area contributed by atoms with Crippen LogP contribution in [0.3, 0.4) is 0 Å². The number of hydrogen-bond donors (Lipinski definition) is 1. The molecule has 5 heteroatoms. The van der Waals surface area contributed by atoms with Crippen LogP contribution in [0.1, 0.15) is 48.1 Å². The molecule has 0 bridgehead atoms. The molecule has 4 nitrogen and oxygen atoms in total. The number of nitrogens with one attached hydrogen (secondary N) is 1. The van der Waals surface area contributed by atoms with Gasteiger partial charge in [-0.05, 0) is 38.5 Å². The van der Waals surface area contributed by atoms with Gasteiger partial charge in [0.15, 0.2) is 0 Å². The highest BCUT2D eigenvalue weighted by molar-refractivity contribution is 7.09. The molecule has 1 aliphatic carbocycles. The quantitative estimate of drug-likeness (QED) is 0.892. The number of carbonyl (C=O) groups is 1. The topological polar surface area (TPSA) is 65.8 Å². The summed E-state index contributed by atoms with van der Waals surface area (Å²) in [4.78, 5) is 16.2. The van der Waals surface area contributed by atoms with Gasteiger partial charge in [0, 0.05) is 5.38 Å². The second-order valence-electron chi connectivity index (χ2n) is 5.08. The van der Waals surface area contributed by atoms with Gasteiger partial charge < -0.3 is 5.32 Å². The molecule has 0 spiro atoms. The maximum absolute atomic E-state index is 12.1. The SMILES string of the molecule is Cc1nc(C(=O)NC2(C#N)CCC(C)CC2)cs1. The third kappa shape index (κ3) is 2.70. The Kier molecular flexibility index (Phi) is 3.67. The number of nitrogens with zero attached hydrogens (tertiary/aromatic N) is 2. The number of nitriles is 1. The minimum atomic E-state index is -0.693. The largest absolute Gasteiger partial charge is 0.332 e. The number of aromatic nitrogens is 1. The molecule has 0 atom stereocenters. The fourth-order valence-electron chi connectivity index (χ4n) is 2.27. The number of rotatable bonds is 2. The van der Waals surface area contributed by atoms with E-state index in [9.17, 15) is 10.1 Å². The van der Waals surface area contributed by atoms with Crippen LogP contribution in [0.5, 0.6) is 0 Å². The van der Waals surface area contributed by atoms with Gasteiger partial charge in [0.1, 0.15) is 11.2 Å². The summed E-state index contributed by atoms with van der Waals surface area (Å²) in [5, 5.41) is 14.8. The van der Waals surface area contributed by atoms with E-state index in [2.05, 4.69) is 23.3 Å². The van der Waals surface area contributed by atoms with Crippen LogP contribution < -0.4 is 5.32 Å². The zero-order chi connectivity index (χ0) is 13.2. The molecule has 0 saturated heterocycles. The molecule has 1 aromatic heterocycles. The van der Waals surface area contributed by atoms with Crippen molar-refractivity contribution in [2.45, 2.75) is 45.1 Å². The van der Waals surface area contributed by atoms with Crippen molar-refractivity contribution in [3.8, 4) is 6.07 Å². The number of aryl methyl sites for hydroxylation is 1. The van der Waals surface area contributed by atoms with E-state index < -0.39 is 5.54 Å². The second kappa shape index (κ2) is 5.07. The van der Waals surface area contributed by atoms with Gasteiger partial charge in [-0.1, -0.05) is 6.92 Å². The van der Waals surface area contributed by atoms with Crippen molar-refractivity contribution < 1.29 is 4.79 Å². The Balaban J connectivity index is 2.07. The van der Waals surface area contributed by atoms with E-state index in [1.54, 1.807) is 5.38 Å². The normalized spacial score (nSPS) is 27.5. The van der Waals surface area contributed by atoms with E-state index in [1.807, 2.05) is 6.92 Å². The third-order valence-electron chi connectivity index (χ3n) is 3.55. The van der Waals surface area contributed by atoms with Crippen LogP contribution in [0.15, 0.2) is 5.38 Å². The Bertz CT molecular complexity index is 481. The van der Waals surface area contributed by atoms with Crippen molar-refractivity contribution in [1.82, 2.24) is 10.3 Å². The molecule has 1 aromatic rings. The van der Waals surface area contributed by atoms with Crippen molar-refractivity contribution in [3.63, 3.8) is 0 Å². The van der Waals surface area contributed by atoms with Crippen LogP contribution in [0.4, 0.5) is 0 Å². The highest BCUT2D eigenvalue weighted by Gasteiger charge is 2.36. The Morgan fingerprint density at radius 1 is 1.61 bits per heavy atom. The summed E-state index contributed by atoms with van der Waals surface area (Å²) in [5.74, 6) is 0.417. The first-order valence-corrected chi connectivity index (χ1v) is 7.08. The summed E-state index contributed by atoms with van der Waals surface area (Å²) in [7, 11) is 0. The fourth-order valence-corrected chi connectivity index (χ4v) is 2.86. The highest BCUT2D eigenvalue weighted by Crippen LogP contribution is 2.31. The highest BCUT2D eigenvalue weighted by atomic mass is 32.1. The number of thiazole rings is 1. The first-order chi connectivity index (χ1) is 8.54. The Labute approximate surface area is 111 Å². The molecule has 18 heavy (non-hydrogen) atoms. The van der Waals surface area contributed by atoms with Crippen molar-refractivity contribution in [3.05, 3.63) is 16.1 Å². The van der Waals surface area contributed by atoms with Gasteiger partial charge in [-0.3, -0.25) is 4.79 Å². The predicted molar refractivity (Wildman–Crippen MR) is 70.3 cm³/mol. The van der Waals surface area contributed by atoms with Crippen LogP contribution in [-0.2, 0) is 0 Å². The lowest BCUT2D eigenvalue weighted by molar-refractivity contribution is 0.0889. The summed E-state index contributed by atoms with van der Waals surface area (Å²) in [6, 6.07) is 2.29. The average Bonchev–Trinajstić information content (AvgIpc) is 2.79. The molecule has 1 heterocycles. The van der Waals surface area contributed by atoms with Gasteiger partial charge in [-0.2, -0.15) is 5.26 Å². The van der Waals surface area contributed by atoms with Gasteiger partial charge in [-0.25, -0.2) is 4.98 Å². The summed E-state index contributed by atoms with van der Waals surface area (Å²) >= 11 is 1.45. The first-order valence-electron chi connectivity index (χ1n) is 6.20. The molecule has 0 unspecified atom stereocenters. The predicted octanol–water partition coefficient (Wildman–Crippen LogP) is 2.65. The first kappa shape index (κ1) is 13.0. The van der Waals surface area contributed by atoms with Crippen LogP contribution in [0.25, 0.3) is 0 Å². The van der Waals surface area contributed by atoms with E-state index in [4.69, 9.17) is 0 Å². The van der Waals surface area contributed by atoms with Gasteiger partial charge >= 0.3 is 0 Å². The Hall–Kier alpha value is -1.41. The minimum absolute atomic E-state index is 0.226. The number of carbonyl (C=O) groups excluding carboxylic acids is 1. The van der Waals surface area contributed by atoms with Crippen molar-refractivity contribution >= 4 is 17.2 Å². The Morgan fingerprint density at radius 3 is 2.78 bits per heavy atom. The molecule has 1 N–H and O–H groups in total. The van der Waals surface area contributed by atoms with Crippen LogP contribution in [0, 0.1) is 24.2 Å². The molecule has 1 aliphatic rings. The van der Waals surface area contributed by atoms with E-state index in [-0.39, 0.29) is 5.91 Å². The standard InChI is InChI=1S/C13H17N3OS/c1-9-3-5-13(8-14,6-4-9)16-12(17)11-7-18-10(2)15-11/h7,9H,3-6H2,1-2H3,(H,16,17). The molecule has 1 saturated carbocycles. The van der Waals surface area contributed by atoms with Gasteiger partial charge in [-0.15, -0.1) is 11.3 Å². The van der Waals surface area contributed by atoms with E-state index in [0.29, 0.717) is 11.6 Å². The monoisotopic (exact) mass is 263 g/mol. The van der Waals surface area contributed by atoms with Gasteiger partial charge in [0.2, 0.25) is 0 Å². The summed E-state index contributed by atoms with van der Waals surface area (Å²) in [6.45, 7) is 4.05. The van der Waals surface area contributed by atoms with E-state index in [0.717, 1.165) is 30.7 Å². The summed E-state index contributed by atoms with van der Waals surface area (Å²) < 4.78 is 0. The average molecular weight is 263 g/mol. The molecule has 1 amide bonds. The zero-order valence-corrected chi connectivity index (χ0v) is 11.5. The third-order valence-corrected chi connectivity index (χ3v) is 4.32. The smallest absolute Gasteiger partial charge is 0.272 e. The summed E-state index contributed by atoms with van der Waals surface area (Å²) in [6.07, 6.45) is 3.45. The van der Waals surface area contributed by atoms with E-state index >= 15 is 0 Å². The maximum Gasteiger partial charge on any atom is 0.272 e. The molecular formula is C13H17N3OS. The molecule has 0 radical (unpaired) electrons. The molecule has 0 aliphatic heterocycles. The van der Waals surface area contributed by atoms with Crippen molar-refractivity contribution in [1.29, 1.82) is 5.26 Å². The second-order valence-corrected chi connectivity index (χ2v) is 6.14. The number of amides is 1. The lowest BCUT2D eigenvalue weighted by Crippen LogP contribution is -2.49. The fraction of sp³-hybridized carbons (Fsp3) is 0.615. The van der Waals surface area contributed by atoms with Crippen molar-refractivity contribution in [2.75, 3.05) is 0 Å².